The minimum Gasteiger partial charge on any atom is -0.481 e. The van der Waals surface area contributed by atoms with Gasteiger partial charge in [0.2, 0.25) is 5.88 Å². The summed E-state index contributed by atoms with van der Waals surface area (Å²) in [7, 11) is 1.61. The molecule has 0 fully saturated rings. The molecule has 0 atom stereocenters. The van der Waals surface area contributed by atoms with Crippen LogP contribution in [-0.4, -0.2) is 22.1 Å². The molecule has 0 aliphatic heterocycles. The predicted molar refractivity (Wildman–Crippen MR) is 60.1 cm³/mol. The van der Waals surface area contributed by atoms with Crippen LogP contribution in [0.4, 0.5) is 5.82 Å². The van der Waals surface area contributed by atoms with Gasteiger partial charge in [-0.15, -0.1) is 0 Å². The molecular weight excluding hydrogens is 204 g/mol. The summed E-state index contributed by atoms with van der Waals surface area (Å²) in [5, 5.41) is 3.16. The summed E-state index contributed by atoms with van der Waals surface area (Å²) < 4.78 is 5.15. The van der Waals surface area contributed by atoms with Crippen molar-refractivity contribution in [3.63, 3.8) is 0 Å². The first-order valence-corrected chi connectivity index (χ1v) is 4.88. The van der Waals surface area contributed by atoms with Crippen molar-refractivity contribution in [2.45, 2.75) is 6.54 Å². The van der Waals surface area contributed by atoms with E-state index in [-0.39, 0.29) is 0 Å². The molecule has 0 aliphatic carbocycles. The van der Waals surface area contributed by atoms with Gasteiger partial charge in [-0.1, -0.05) is 6.07 Å². The van der Waals surface area contributed by atoms with E-state index >= 15 is 0 Å². The van der Waals surface area contributed by atoms with Crippen LogP contribution in [0.5, 0.6) is 5.88 Å². The molecule has 2 heterocycles. The second kappa shape index (κ2) is 5.06. The molecule has 0 aliphatic rings. The maximum Gasteiger partial charge on any atom is 0.218 e. The van der Waals surface area contributed by atoms with E-state index in [1.807, 2.05) is 18.2 Å². The Morgan fingerprint density at radius 1 is 1.25 bits per heavy atom. The quantitative estimate of drug-likeness (QED) is 0.839. The molecule has 0 amide bonds. The third kappa shape index (κ3) is 2.44. The number of aromatic nitrogens is 3. The van der Waals surface area contributed by atoms with Crippen molar-refractivity contribution in [1.29, 1.82) is 0 Å². The van der Waals surface area contributed by atoms with E-state index < -0.39 is 0 Å². The van der Waals surface area contributed by atoms with Crippen LogP contribution in [0.3, 0.4) is 0 Å². The SMILES string of the molecule is COc1ncccc1CNc1ccncn1. The molecule has 0 spiro atoms. The highest BCUT2D eigenvalue weighted by Gasteiger charge is 2.02. The molecule has 0 bridgehead atoms. The number of anilines is 1. The first-order valence-electron chi connectivity index (χ1n) is 4.88. The zero-order valence-corrected chi connectivity index (χ0v) is 8.92. The summed E-state index contributed by atoms with van der Waals surface area (Å²) in [6.07, 6.45) is 4.89. The van der Waals surface area contributed by atoms with Crippen molar-refractivity contribution < 1.29 is 4.74 Å². The van der Waals surface area contributed by atoms with Crippen LogP contribution >= 0.6 is 0 Å². The van der Waals surface area contributed by atoms with Crippen molar-refractivity contribution in [1.82, 2.24) is 15.0 Å². The fourth-order valence-corrected chi connectivity index (χ4v) is 1.32. The van der Waals surface area contributed by atoms with Crippen molar-refractivity contribution >= 4 is 5.82 Å². The Bertz CT molecular complexity index is 447. The van der Waals surface area contributed by atoms with Crippen molar-refractivity contribution in [2.24, 2.45) is 0 Å². The maximum atomic E-state index is 5.15. The van der Waals surface area contributed by atoms with E-state index in [1.54, 1.807) is 19.5 Å². The zero-order chi connectivity index (χ0) is 11.2. The van der Waals surface area contributed by atoms with Crippen LogP contribution < -0.4 is 10.1 Å². The van der Waals surface area contributed by atoms with E-state index in [0.29, 0.717) is 12.4 Å². The summed E-state index contributed by atoms with van der Waals surface area (Å²) in [6, 6.07) is 5.64. The molecule has 0 aromatic carbocycles. The Labute approximate surface area is 93.5 Å². The Morgan fingerprint density at radius 2 is 2.19 bits per heavy atom. The van der Waals surface area contributed by atoms with Gasteiger partial charge in [0, 0.05) is 24.5 Å². The predicted octanol–water partition coefficient (Wildman–Crippen LogP) is 1.49. The summed E-state index contributed by atoms with van der Waals surface area (Å²) >= 11 is 0. The number of nitrogens with zero attached hydrogens (tertiary/aromatic N) is 3. The minimum absolute atomic E-state index is 0.619. The fourth-order valence-electron chi connectivity index (χ4n) is 1.32. The molecule has 2 rings (SSSR count). The van der Waals surface area contributed by atoms with Gasteiger partial charge in [-0.05, 0) is 12.1 Å². The Morgan fingerprint density at radius 3 is 2.94 bits per heavy atom. The van der Waals surface area contributed by atoms with Crippen LogP contribution in [0.15, 0.2) is 36.9 Å². The molecule has 16 heavy (non-hydrogen) atoms. The highest BCUT2D eigenvalue weighted by atomic mass is 16.5. The van der Waals surface area contributed by atoms with Gasteiger partial charge in [-0.25, -0.2) is 15.0 Å². The van der Waals surface area contributed by atoms with Gasteiger partial charge in [-0.2, -0.15) is 0 Å². The first kappa shape index (κ1) is 10.4. The first-order chi connectivity index (χ1) is 7.90. The summed E-state index contributed by atoms with van der Waals surface area (Å²) in [4.78, 5) is 12.0. The van der Waals surface area contributed by atoms with E-state index in [2.05, 4.69) is 20.3 Å². The molecule has 2 aromatic rings. The van der Waals surface area contributed by atoms with Crippen molar-refractivity contribution in [2.75, 3.05) is 12.4 Å². The van der Waals surface area contributed by atoms with Crippen molar-refractivity contribution in [3.8, 4) is 5.88 Å². The van der Waals surface area contributed by atoms with Gasteiger partial charge in [0.1, 0.15) is 12.1 Å². The lowest BCUT2D eigenvalue weighted by Crippen LogP contribution is -2.03. The molecule has 2 aromatic heterocycles. The van der Waals surface area contributed by atoms with E-state index in [4.69, 9.17) is 4.74 Å². The Kier molecular flexibility index (Phi) is 3.28. The monoisotopic (exact) mass is 216 g/mol. The van der Waals surface area contributed by atoms with Gasteiger partial charge < -0.3 is 10.1 Å². The van der Waals surface area contributed by atoms with Gasteiger partial charge in [0.05, 0.1) is 7.11 Å². The standard InChI is InChI=1S/C11H12N4O/c1-16-11-9(3-2-5-13-11)7-14-10-4-6-12-8-15-10/h2-6,8H,7H2,1H3,(H,12,14,15). The molecule has 1 N–H and O–H groups in total. The number of rotatable bonds is 4. The largest absolute Gasteiger partial charge is 0.481 e. The number of hydrogen-bond acceptors (Lipinski definition) is 5. The third-order valence-electron chi connectivity index (χ3n) is 2.09. The molecule has 5 nitrogen and oxygen atoms in total. The van der Waals surface area contributed by atoms with Crippen LogP contribution in [0.25, 0.3) is 0 Å². The van der Waals surface area contributed by atoms with Crippen molar-refractivity contribution in [3.05, 3.63) is 42.5 Å². The van der Waals surface area contributed by atoms with Crippen LogP contribution in [-0.2, 0) is 6.54 Å². The molecular formula is C11H12N4O. The fraction of sp³-hybridized carbons (Fsp3) is 0.182. The molecule has 5 heteroatoms. The average molecular weight is 216 g/mol. The molecule has 82 valence electrons. The number of hydrogen-bond donors (Lipinski definition) is 1. The molecule has 0 saturated carbocycles. The normalized spacial score (nSPS) is 9.81. The van der Waals surface area contributed by atoms with Gasteiger partial charge >= 0.3 is 0 Å². The third-order valence-corrected chi connectivity index (χ3v) is 2.09. The van der Waals surface area contributed by atoms with Crippen LogP contribution in [0.1, 0.15) is 5.56 Å². The van der Waals surface area contributed by atoms with E-state index in [1.165, 1.54) is 6.33 Å². The summed E-state index contributed by atoms with van der Waals surface area (Å²) in [6.45, 7) is 0.619. The Balaban J connectivity index is 2.05. The van der Waals surface area contributed by atoms with E-state index in [9.17, 15) is 0 Å². The lowest BCUT2D eigenvalue weighted by molar-refractivity contribution is 0.393. The van der Waals surface area contributed by atoms with E-state index in [0.717, 1.165) is 11.4 Å². The summed E-state index contributed by atoms with van der Waals surface area (Å²) in [5.41, 5.74) is 0.989. The number of ether oxygens (including phenoxy) is 1. The smallest absolute Gasteiger partial charge is 0.218 e. The van der Waals surface area contributed by atoms with Crippen LogP contribution in [0.2, 0.25) is 0 Å². The second-order valence-electron chi connectivity index (χ2n) is 3.12. The number of nitrogens with one attached hydrogen (secondary N) is 1. The highest BCUT2D eigenvalue weighted by molar-refractivity contribution is 5.35. The molecule has 0 saturated heterocycles. The maximum absolute atomic E-state index is 5.15. The second-order valence-corrected chi connectivity index (χ2v) is 3.12. The van der Waals surface area contributed by atoms with Gasteiger partial charge in [0.25, 0.3) is 0 Å². The van der Waals surface area contributed by atoms with Gasteiger partial charge in [0.15, 0.2) is 0 Å². The minimum atomic E-state index is 0.619. The number of methoxy groups -OCH3 is 1. The molecule has 0 unspecified atom stereocenters. The average Bonchev–Trinajstić information content (AvgIpc) is 2.38. The lowest BCUT2D eigenvalue weighted by atomic mass is 10.2. The highest BCUT2D eigenvalue weighted by Crippen LogP contribution is 2.14. The summed E-state index contributed by atoms with van der Waals surface area (Å²) in [5.74, 6) is 1.41. The zero-order valence-electron chi connectivity index (χ0n) is 8.92. The number of pyridine rings is 1. The topological polar surface area (TPSA) is 59.9 Å². The lowest BCUT2D eigenvalue weighted by Gasteiger charge is -2.08. The van der Waals surface area contributed by atoms with Gasteiger partial charge in [-0.3, -0.25) is 0 Å². The van der Waals surface area contributed by atoms with Crippen LogP contribution in [0, 0.1) is 0 Å². The molecule has 0 radical (unpaired) electrons. The Hall–Kier alpha value is -2.17.